The number of sulfonamides is 1. The number of alkyl halides is 3. The molecule has 0 amide bonds. The minimum absolute atomic E-state index is 0.0273. The molecule has 0 atom stereocenters. The Kier molecular flexibility index (Phi) is 3.99. The monoisotopic (exact) mass is 432 g/mol. The molecule has 160 valence electrons. The van der Waals surface area contributed by atoms with Crippen LogP contribution in [0.1, 0.15) is 30.1 Å². The molecule has 1 aromatic rings. The van der Waals surface area contributed by atoms with E-state index in [1.165, 1.54) is 18.2 Å². The maximum absolute atomic E-state index is 13.0. The highest BCUT2D eigenvalue weighted by molar-refractivity contribution is 7.89. The second-order valence-corrected chi connectivity index (χ2v) is 11.2. The van der Waals surface area contributed by atoms with E-state index in [-0.39, 0.29) is 21.7 Å². The van der Waals surface area contributed by atoms with Crippen LogP contribution in [-0.4, -0.2) is 73.0 Å². The van der Waals surface area contributed by atoms with E-state index >= 15 is 0 Å². The summed E-state index contributed by atoms with van der Waals surface area (Å²) in [7, 11) is -3.91. The van der Waals surface area contributed by atoms with Crippen LogP contribution in [0.2, 0.25) is 0 Å². The third-order valence-electron chi connectivity index (χ3n) is 6.83. The van der Waals surface area contributed by atoms with Crippen molar-refractivity contribution in [2.24, 2.45) is 10.8 Å². The van der Waals surface area contributed by atoms with Crippen molar-refractivity contribution in [3.63, 3.8) is 0 Å². The second-order valence-electron chi connectivity index (χ2n) is 9.28. The van der Waals surface area contributed by atoms with Gasteiger partial charge in [-0.3, -0.25) is 4.90 Å². The Balaban J connectivity index is 1.24. The molecular weight excluding hydrogens is 409 g/mol. The molecule has 11 heteroatoms. The number of likely N-dealkylation sites (tertiary alicyclic amines) is 1. The highest BCUT2D eigenvalue weighted by Crippen LogP contribution is 2.53. The van der Waals surface area contributed by atoms with Gasteiger partial charge >= 0.3 is 6.18 Å². The molecule has 5 rings (SSSR count). The Bertz CT molecular complexity index is 932. The molecule has 0 bridgehead atoms. The fraction of sp³-hybridized carbons (Fsp3) is 0.778. The smallest absolute Gasteiger partial charge is 0.380 e. The Morgan fingerprint density at radius 3 is 2.00 bits per heavy atom. The van der Waals surface area contributed by atoms with Crippen molar-refractivity contribution in [3.8, 4) is 0 Å². The third-order valence-corrected chi connectivity index (χ3v) is 8.87. The number of hydrogen-bond acceptors (Lipinski definition) is 6. The largest absolute Gasteiger partial charge is 0.451 e. The van der Waals surface area contributed by atoms with Crippen LogP contribution in [0.4, 0.5) is 13.2 Å². The zero-order chi connectivity index (χ0) is 20.8. The maximum atomic E-state index is 13.0. The summed E-state index contributed by atoms with van der Waals surface area (Å²) in [6.07, 6.45) is -2.39. The molecule has 7 nitrogen and oxygen atoms in total. The van der Waals surface area contributed by atoms with Gasteiger partial charge in [0.1, 0.15) is 4.90 Å². The van der Waals surface area contributed by atoms with Crippen LogP contribution in [0.25, 0.3) is 0 Å². The van der Waals surface area contributed by atoms with Gasteiger partial charge in [-0.1, -0.05) is 0 Å². The molecular formula is C18H23F3N4O3S. The highest BCUT2D eigenvalue weighted by atomic mass is 32.2. The van der Waals surface area contributed by atoms with Crippen LogP contribution in [-0.2, 0) is 20.9 Å². The van der Waals surface area contributed by atoms with Gasteiger partial charge in [-0.15, -0.1) is 0 Å². The van der Waals surface area contributed by atoms with Crippen molar-refractivity contribution < 1.29 is 26.3 Å². The van der Waals surface area contributed by atoms with E-state index in [0.29, 0.717) is 24.5 Å². The second kappa shape index (κ2) is 5.89. The van der Waals surface area contributed by atoms with Crippen LogP contribution < -0.4 is 0 Å². The Labute approximate surface area is 167 Å². The lowest BCUT2D eigenvalue weighted by Gasteiger charge is -2.65. The van der Waals surface area contributed by atoms with Crippen molar-refractivity contribution in [3.05, 3.63) is 17.2 Å². The highest BCUT2D eigenvalue weighted by Gasteiger charge is 2.60. The quantitative estimate of drug-likeness (QED) is 0.722. The Morgan fingerprint density at radius 1 is 1.00 bits per heavy atom. The summed E-state index contributed by atoms with van der Waals surface area (Å²) in [5.41, 5.74) is 0.0487. The Hall–Kier alpha value is -1.30. The van der Waals surface area contributed by atoms with Crippen LogP contribution in [0, 0.1) is 24.7 Å². The molecule has 29 heavy (non-hydrogen) atoms. The number of hydrogen-bond donors (Lipinski definition) is 0. The molecule has 4 fully saturated rings. The van der Waals surface area contributed by atoms with E-state index in [4.69, 9.17) is 4.74 Å². The minimum atomic E-state index is -4.71. The molecule has 4 heterocycles. The molecule has 2 spiro atoms. The molecule has 1 aromatic heterocycles. The van der Waals surface area contributed by atoms with Gasteiger partial charge in [0.2, 0.25) is 15.8 Å². The number of aromatic nitrogens is 2. The molecule has 0 N–H and O–H groups in total. The summed E-state index contributed by atoms with van der Waals surface area (Å²) in [5, 5.41) is 0. The molecule has 3 aliphatic heterocycles. The molecule has 4 aliphatic rings. The van der Waals surface area contributed by atoms with Gasteiger partial charge in [-0.05, 0) is 26.7 Å². The first-order valence-electron chi connectivity index (χ1n) is 9.68. The van der Waals surface area contributed by atoms with E-state index in [0.717, 1.165) is 39.1 Å². The average Bonchev–Trinajstić information content (AvgIpc) is 2.41. The summed E-state index contributed by atoms with van der Waals surface area (Å²) in [4.78, 5) is 9.02. The predicted molar refractivity (Wildman–Crippen MR) is 95.5 cm³/mol. The lowest BCUT2D eigenvalue weighted by atomic mass is 9.61. The van der Waals surface area contributed by atoms with Gasteiger partial charge in [0.15, 0.2) is 0 Å². The molecule has 0 unspecified atom stereocenters. The first-order chi connectivity index (χ1) is 13.4. The zero-order valence-corrected chi connectivity index (χ0v) is 17.1. The molecule has 3 saturated heterocycles. The van der Waals surface area contributed by atoms with E-state index in [2.05, 4.69) is 14.9 Å². The van der Waals surface area contributed by atoms with Crippen LogP contribution in [0.5, 0.6) is 0 Å². The Morgan fingerprint density at radius 2 is 1.55 bits per heavy atom. The summed E-state index contributed by atoms with van der Waals surface area (Å²) in [5.74, 6) is -1.31. The van der Waals surface area contributed by atoms with Crippen molar-refractivity contribution in [2.75, 3.05) is 39.4 Å². The number of nitrogens with zero attached hydrogens (tertiary/aromatic N) is 4. The SMILES string of the molecule is Cc1nc(C(F)(F)F)nc(C)c1S(=O)(=O)N1CC2(CN(C3CC4(COC4)C3)C2)C1. The molecule has 1 aliphatic carbocycles. The van der Waals surface area contributed by atoms with Crippen molar-refractivity contribution in [1.29, 1.82) is 0 Å². The topological polar surface area (TPSA) is 75.6 Å². The summed E-state index contributed by atoms with van der Waals surface area (Å²) in [6.45, 7) is 6.84. The summed E-state index contributed by atoms with van der Waals surface area (Å²) in [6, 6.07) is 0.572. The number of halogens is 3. The fourth-order valence-electron chi connectivity index (χ4n) is 5.31. The molecule has 1 saturated carbocycles. The molecule has 0 radical (unpaired) electrons. The minimum Gasteiger partial charge on any atom is -0.380 e. The molecule has 0 aromatic carbocycles. The van der Waals surface area contributed by atoms with Gasteiger partial charge < -0.3 is 4.74 Å². The number of aryl methyl sites for hydroxylation is 2. The lowest BCUT2D eigenvalue weighted by Crippen LogP contribution is -2.76. The van der Waals surface area contributed by atoms with Crippen LogP contribution >= 0.6 is 0 Å². The van der Waals surface area contributed by atoms with Gasteiger partial charge in [0, 0.05) is 43.1 Å². The zero-order valence-electron chi connectivity index (χ0n) is 16.3. The first-order valence-corrected chi connectivity index (χ1v) is 11.1. The predicted octanol–water partition coefficient (Wildman–Crippen LogP) is 1.60. The first kappa shape index (κ1) is 19.7. The normalized spacial score (nSPS) is 26.7. The number of rotatable bonds is 3. The van der Waals surface area contributed by atoms with E-state index < -0.39 is 22.0 Å². The van der Waals surface area contributed by atoms with E-state index in [1.54, 1.807) is 0 Å². The van der Waals surface area contributed by atoms with Crippen molar-refractivity contribution >= 4 is 10.0 Å². The summed E-state index contributed by atoms with van der Waals surface area (Å²) < 4.78 is 71.3. The van der Waals surface area contributed by atoms with Gasteiger partial charge in [0.25, 0.3) is 0 Å². The van der Waals surface area contributed by atoms with E-state index in [9.17, 15) is 21.6 Å². The van der Waals surface area contributed by atoms with Crippen LogP contribution in [0.3, 0.4) is 0 Å². The average molecular weight is 432 g/mol. The van der Waals surface area contributed by atoms with Gasteiger partial charge in [0.05, 0.1) is 24.6 Å². The standard InChI is InChI=1S/C18H23F3N4O3S/c1-11-14(12(2)23-15(22-11)18(19,20)21)29(26,27)25-7-17(8-25)5-24(6-17)13-3-16(4-13)9-28-10-16/h13H,3-10H2,1-2H3. The summed E-state index contributed by atoms with van der Waals surface area (Å²) >= 11 is 0. The van der Waals surface area contributed by atoms with Gasteiger partial charge in [-0.2, -0.15) is 17.5 Å². The fourth-order valence-corrected chi connectivity index (χ4v) is 7.29. The number of ether oxygens (including phenoxy) is 1. The van der Waals surface area contributed by atoms with Gasteiger partial charge in [-0.25, -0.2) is 18.4 Å². The maximum Gasteiger partial charge on any atom is 0.451 e. The van der Waals surface area contributed by atoms with Crippen LogP contribution in [0.15, 0.2) is 4.90 Å². The lowest BCUT2D eigenvalue weighted by molar-refractivity contribution is -0.211. The van der Waals surface area contributed by atoms with Crippen molar-refractivity contribution in [2.45, 2.75) is 43.8 Å². The van der Waals surface area contributed by atoms with Crippen molar-refractivity contribution in [1.82, 2.24) is 19.2 Å². The third kappa shape index (κ3) is 2.92. The van der Waals surface area contributed by atoms with E-state index in [1.807, 2.05) is 0 Å².